The summed E-state index contributed by atoms with van der Waals surface area (Å²) < 4.78 is 0. The van der Waals surface area contributed by atoms with Gasteiger partial charge in [-0.15, -0.1) is 0 Å². The lowest BCUT2D eigenvalue weighted by molar-refractivity contribution is -0.117. The van der Waals surface area contributed by atoms with E-state index in [2.05, 4.69) is 17.4 Å². The first-order valence-electron chi connectivity index (χ1n) is 8.31. The van der Waals surface area contributed by atoms with Gasteiger partial charge in [0.25, 0.3) is 5.91 Å². The Morgan fingerprint density at radius 2 is 1.80 bits per heavy atom. The van der Waals surface area contributed by atoms with Crippen molar-refractivity contribution in [1.29, 1.82) is 5.26 Å². The van der Waals surface area contributed by atoms with Crippen molar-refractivity contribution < 1.29 is 4.79 Å². The molecule has 0 heterocycles. The minimum atomic E-state index is -0.327. The zero-order valence-electron chi connectivity index (χ0n) is 14.7. The molecule has 2 rings (SSSR count). The van der Waals surface area contributed by atoms with Gasteiger partial charge in [0, 0.05) is 26.3 Å². The van der Waals surface area contributed by atoms with Gasteiger partial charge in [0.15, 0.2) is 0 Å². The normalized spacial score (nSPS) is 10.8. The Labute approximate surface area is 149 Å². The summed E-state index contributed by atoms with van der Waals surface area (Å²) in [7, 11) is 3.93. The molecule has 0 saturated carbocycles. The second-order valence-corrected chi connectivity index (χ2v) is 6.00. The fourth-order valence-corrected chi connectivity index (χ4v) is 2.42. The van der Waals surface area contributed by atoms with Gasteiger partial charge in [-0.3, -0.25) is 4.79 Å². The molecule has 0 aromatic heterocycles. The van der Waals surface area contributed by atoms with E-state index >= 15 is 0 Å². The van der Waals surface area contributed by atoms with Gasteiger partial charge in [-0.05, 0) is 42.2 Å². The minimum absolute atomic E-state index is 0.123. The van der Waals surface area contributed by atoms with Crippen LogP contribution >= 0.6 is 0 Å². The van der Waals surface area contributed by atoms with E-state index in [9.17, 15) is 10.1 Å². The molecule has 1 amide bonds. The second kappa shape index (κ2) is 9.29. The van der Waals surface area contributed by atoms with Crippen LogP contribution in [0, 0.1) is 11.3 Å². The molecule has 0 unspecified atom stereocenters. The summed E-state index contributed by atoms with van der Waals surface area (Å²) in [5.74, 6) is -0.327. The molecule has 0 fully saturated rings. The van der Waals surface area contributed by atoms with Gasteiger partial charge in [0.05, 0.1) is 0 Å². The highest BCUT2D eigenvalue weighted by molar-refractivity contribution is 6.01. The number of aryl methyl sites for hydroxylation is 1. The summed E-state index contributed by atoms with van der Waals surface area (Å²) in [6.07, 6.45) is 3.36. The number of carbonyl (C=O) groups excluding carboxylic acids is 1. The molecule has 4 heteroatoms. The number of nitrogens with one attached hydrogen (secondary N) is 1. The first-order valence-corrected chi connectivity index (χ1v) is 8.31. The highest BCUT2D eigenvalue weighted by atomic mass is 16.1. The third kappa shape index (κ3) is 5.82. The maximum Gasteiger partial charge on any atom is 0.261 e. The van der Waals surface area contributed by atoms with E-state index in [0.717, 1.165) is 24.1 Å². The smallest absolute Gasteiger partial charge is 0.261 e. The molecular weight excluding hydrogens is 310 g/mol. The van der Waals surface area contributed by atoms with Crippen LogP contribution in [0.2, 0.25) is 0 Å². The number of amides is 1. The molecule has 0 bridgehead atoms. The van der Waals surface area contributed by atoms with Crippen LogP contribution in [0.1, 0.15) is 17.5 Å². The number of nitrogens with zero attached hydrogens (tertiary/aromatic N) is 2. The maximum absolute atomic E-state index is 12.2. The average Bonchev–Trinajstić information content (AvgIpc) is 2.64. The van der Waals surface area contributed by atoms with Gasteiger partial charge in [0.2, 0.25) is 0 Å². The second-order valence-electron chi connectivity index (χ2n) is 6.00. The number of nitriles is 1. The molecule has 0 saturated heterocycles. The zero-order valence-corrected chi connectivity index (χ0v) is 14.7. The summed E-state index contributed by atoms with van der Waals surface area (Å²) in [6.45, 7) is 0.548. The van der Waals surface area contributed by atoms with Crippen LogP contribution in [0.3, 0.4) is 0 Å². The summed E-state index contributed by atoms with van der Waals surface area (Å²) in [4.78, 5) is 14.2. The van der Waals surface area contributed by atoms with E-state index in [4.69, 9.17) is 0 Å². The molecule has 0 atom stereocenters. The number of anilines is 1. The van der Waals surface area contributed by atoms with Crippen molar-refractivity contribution in [1.82, 2.24) is 5.32 Å². The Balaban J connectivity index is 1.88. The lowest BCUT2D eigenvalue weighted by Crippen LogP contribution is -2.25. The molecule has 0 aliphatic heterocycles. The lowest BCUT2D eigenvalue weighted by Gasteiger charge is -2.11. The predicted octanol–water partition coefficient (Wildman–Crippen LogP) is 3.41. The van der Waals surface area contributed by atoms with Crippen molar-refractivity contribution in [3.05, 3.63) is 71.3 Å². The van der Waals surface area contributed by atoms with Gasteiger partial charge in [-0.1, -0.05) is 42.5 Å². The monoisotopic (exact) mass is 333 g/mol. The molecular formula is C21H23N3O. The van der Waals surface area contributed by atoms with Gasteiger partial charge >= 0.3 is 0 Å². The largest absolute Gasteiger partial charge is 0.378 e. The maximum atomic E-state index is 12.2. The van der Waals surface area contributed by atoms with Crippen LogP contribution in [-0.2, 0) is 11.2 Å². The van der Waals surface area contributed by atoms with E-state index in [1.807, 2.05) is 67.5 Å². The number of hydrogen-bond acceptors (Lipinski definition) is 3. The fraction of sp³-hybridized carbons (Fsp3) is 0.238. The van der Waals surface area contributed by atoms with Crippen LogP contribution in [-0.4, -0.2) is 26.5 Å². The standard InChI is InChI=1S/C21H23N3O/c1-24(2)20-12-10-18(11-13-20)15-19(16-22)21(25)23-14-6-9-17-7-4-3-5-8-17/h3-5,7-8,10-13,15H,6,9,14H2,1-2H3,(H,23,25)/b19-15-. The van der Waals surface area contributed by atoms with E-state index < -0.39 is 0 Å². The van der Waals surface area contributed by atoms with Crippen LogP contribution < -0.4 is 10.2 Å². The van der Waals surface area contributed by atoms with Crippen molar-refractivity contribution in [2.24, 2.45) is 0 Å². The fourth-order valence-electron chi connectivity index (χ4n) is 2.42. The van der Waals surface area contributed by atoms with Crippen LogP contribution in [0.15, 0.2) is 60.2 Å². The van der Waals surface area contributed by atoms with Crippen molar-refractivity contribution in [3.8, 4) is 6.07 Å². The van der Waals surface area contributed by atoms with E-state index in [0.29, 0.717) is 6.54 Å². The van der Waals surface area contributed by atoms with Crippen LogP contribution in [0.5, 0.6) is 0 Å². The Bertz CT molecular complexity index is 756. The molecule has 4 nitrogen and oxygen atoms in total. The molecule has 0 aliphatic rings. The zero-order chi connectivity index (χ0) is 18.1. The van der Waals surface area contributed by atoms with Crippen molar-refractivity contribution in [2.45, 2.75) is 12.8 Å². The molecule has 2 aromatic rings. The number of hydrogen-bond donors (Lipinski definition) is 1. The SMILES string of the molecule is CN(C)c1ccc(/C=C(/C#N)C(=O)NCCCc2ccccc2)cc1. The number of carbonyl (C=O) groups is 1. The number of benzene rings is 2. The predicted molar refractivity (Wildman–Crippen MR) is 102 cm³/mol. The summed E-state index contributed by atoms with van der Waals surface area (Å²) >= 11 is 0. The Hall–Kier alpha value is -3.06. The third-order valence-corrected chi connectivity index (χ3v) is 3.86. The van der Waals surface area contributed by atoms with Crippen LogP contribution in [0.4, 0.5) is 5.69 Å². The summed E-state index contributed by atoms with van der Waals surface area (Å²) in [5.41, 5.74) is 3.27. The highest BCUT2D eigenvalue weighted by Crippen LogP contribution is 2.14. The molecule has 0 aliphatic carbocycles. The third-order valence-electron chi connectivity index (χ3n) is 3.86. The summed E-state index contributed by atoms with van der Waals surface area (Å²) in [6, 6.07) is 19.8. The quantitative estimate of drug-likeness (QED) is 0.480. The highest BCUT2D eigenvalue weighted by Gasteiger charge is 2.08. The van der Waals surface area contributed by atoms with Gasteiger partial charge in [-0.2, -0.15) is 5.26 Å². The average molecular weight is 333 g/mol. The molecule has 0 radical (unpaired) electrons. The van der Waals surface area contributed by atoms with Crippen molar-refractivity contribution >= 4 is 17.7 Å². The van der Waals surface area contributed by atoms with Gasteiger partial charge in [-0.25, -0.2) is 0 Å². The molecule has 2 aromatic carbocycles. The van der Waals surface area contributed by atoms with Crippen molar-refractivity contribution in [3.63, 3.8) is 0 Å². The minimum Gasteiger partial charge on any atom is -0.378 e. The summed E-state index contributed by atoms with van der Waals surface area (Å²) in [5, 5.41) is 12.1. The van der Waals surface area contributed by atoms with Crippen LogP contribution in [0.25, 0.3) is 6.08 Å². The lowest BCUT2D eigenvalue weighted by atomic mass is 10.1. The Morgan fingerprint density at radius 3 is 2.40 bits per heavy atom. The first kappa shape index (κ1) is 18.3. The Kier molecular flexibility index (Phi) is 6.79. The first-order chi connectivity index (χ1) is 12.1. The van der Waals surface area contributed by atoms with E-state index in [1.54, 1.807) is 6.08 Å². The topological polar surface area (TPSA) is 56.1 Å². The molecule has 128 valence electrons. The molecule has 1 N–H and O–H groups in total. The molecule has 25 heavy (non-hydrogen) atoms. The Morgan fingerprint density at radius 1 is 1.12 bits per heavy atom. The van der Waals surface area contributed by atoms with E-state index in [1.165, 1.54) is 5.56 Å². The van der Waals surface area contributed by atoms with E-state index in [-0.39, 0.29) is 11.5 Å². The van der Waals surface area contributed by atoms with Gasteiger partial charge in [0.1, 0.15) is 11.6 Å². The van der Waals surface area contributed by atoms with Gasteiger partial charge < -0.3 is 10.2 Å². The van der Waals surface area contributed by atoms with Crippen molar-refractivity contribution in [2.75, 3.05) is 25.5 Å². The number of rotatable bonds is 7. The molecule has 0 spiro atoms.